The van der Waals surface area contributed by atoms with E-state index in [4.69, 9.17) is 0 Å². The Balaban J connectivity index is 1.42. The molecule has 0 N–H and O–H groups in total. The van der Waals surface area contributed by atoms with Crippen molar-refractivity contribution in [2.45, 2.75) is 52.2 Å². The summed E-state index contributed by atoms with van der Waals surface area (Å²) in [6, 6.07) is 3.71. The summed E-state index contributed by atoms with van der Waals surface area (Å²) in [6.45, 7) is 7.77. The van der Waals surface area contributed by atoms with Crippen molar-refractivity contribution in [2.75, 3.05) is 13.1 Å². The van der Waals surface area contributed by atoms with Gasteiger partial charge in [-0.05, 0) is 38.8 Å². The van der Waals surface area contributed by atoms with Crippen LogP contribution in [0, 0.1) is 0 Å². The van der Waals surface area contributed by atoms with Crippen molar-refractivity contribution >= 4 is 5.91 Å². The summed E-state index contributed by atoms with van der Waals surface area (Å²) in [5.41, 5.74) is 0.526. The van der Waals surface area contributed by atoms with Crippen LogP contribution in [-0.4, -0.2) is 58.2 Å². The van der Waals surface area contributed by atoms with E-state index in [1.807, 2.05) is 35.0 Å². The lowest BCUT2D eigenvalue weighted by molar-refractivity contribution is 0.0703. The van der Waals surface area contributed by atoms with Gasteiger partial charge in [-0.2, -0.15) is 10.2 Å². The van der Waals surface area contributed by atoms with E-state index in [9.17, 15) is 4.79 Å². The average Bonchev–Trinajstić information content (AvgIpc) is 3.48. The fourth-order valence-electron chi connectivity index (χ4n) is 3.81. The van der Waals surface area contributed by atoms with Gasteiger partial charge in [0.25, 0.3) is 5.91 Å². The third-order valence-corrected chi connectivity index (χ3v) is 5.37. The summed E-state index contributed by atoms with van der Waals surface area (Å²) in [5.74, 6) is 2.27. The Kier molecular flexibility index (Phi) is 5.23. The molecule has 0 bridgehead atoms. The third-order valence-electron chi connectivity index (χ3n) is 5.37. The van der Waals surface area contributed by atoms with Gasteiger partial charge in [0.05, 0.1) is 0 Å². The van der Waals surface area contributed by atoms with Gasteiger partial charge in [-0.1, -0.05) is 0 Å². The van der Waals surface area contributed by atoms with Gasteiger partial charge in [-0.3, -0.25) is 14.2 Å². The van der Waals surface area contributed by atoms with E-state index in [-0.39, 0.29) is 5.91 Å². The predicted octanol–water partition coefficient (Wildman–Crippen LogP) is 1.78. The summed E-state index contributed by atoms with van der Waals surface area (Å²) >= 11 is 0. The molecule has 1 aliphatic heterocycles. The van der Waals surface area contributed by atoms with Crippen LogP contribution in [0.15, 0.2) is 30.7 Å². The van der Waals surface area contributed by atoms with Crippen molar-refractivity contribution < 1.29 is 4.79 Å². The summed E-state index contributed by atoms with van der Waals surface area (Å²) in [6.07, 6.45) is 7.33. The number of nitrogens with zero attached hydrogens (tertiary/aromatic N) is 8. The van der Waals surface area contributed by atoms with Crippen LogP contribution in [0.1, 0.15) is 54.7 Å². The molecular formula is C19H26N8O. The zero-order valence-corrected chi connectivity index (χ0v) is 16.4. The predicted molar refractivity (Wildman–Crippen MR) is 103 cm³/mol. The van der Waals surface area contributed by atoms with Crippen LogP contribution in [0.25, 0.3) is 0 Å². The Morgan fingerprint density at radius 3 is 2.57 bits per heavy atom. The van der Waals surface area contributed by atoms with Gasteiger partial charge in [0.1, 0.15) is 18.1 Å². The second kappa shape index (κ2) is 7.95. The highest BCUT2D eigenvalue weighted by Crippen LogP contribution is 2.28. The Morgan fingerprint density at radius 1 is 1.11 bits per heavy atom. The van der Waals surface area contributed by atoms with Crippen LogP contribution in [0.5, 0.6) is 0 Å². The van der Waals surface area contributed by atoms with Crippen LogP contribution in [0.3, 0.4) is 0 Å². The quantitative estimate of drug-likeness (QED) is 0.649. The summed E-state index contributed by atoms with van der Waals surface area (Å²) < 4.78 is 5.83. The van der Waals surface area contributed by atoms with Gasteiger partial charge >= 0.3 is 0 Å². The first kappa shape index (κ1) is 18.4. The number of aryl methyl sites for hydroxylation is 1. The average molecular weight is 382 g/mol. The van der Waals surface area contributed by atoms with Crippen LogP contribution in [0.4, 0.5) is 0 Å². The molecule has 0 spiro atoms. The fourth-order valence-corrected chi connectivity index (χ4v) is 3.81. The fraction of sp³-hybridized carbons (Fsp3) is 0.526. The molecule has 9 heteroatoms. The van der Waals surface area contributed by atoms with Gasteiger partial charge in [0, 0.05) is 50.7 Å². The zero-order valence-electron chi connectivity index (χ0n) is 16.4. The minimum absolute atomic E-state index is 0.0157. The highest BCUT2D eigenvalue weighted by atomic mass is 16.2. The first-order chi connectivity index (χ1) is 13.7. The molecule has 4 rings (SSSR count). The lowest BCUT2D eigenvalue weighted by Crippen LogP contribution is -2.38. The summed E-state index contributed by atoms with van der Waals surface area (Å²) in [4.78, 5) is 14.6. The minimum Gasteiger partial charge on any atom is -0.337 e. The Hall–Kier alpha value is -2.97. The molecule has 3 aromatic rings. The maximum atomic E-state index is 12.7. The number of amides is 1. The number of piperidine rings is 1. The highest BCUT2D eigenvalue weighted by Gasteiger charge is 2.29. The van der Waals surface area contributed by atoms with Crippen LogP contribution in [0.2, 0.25) is 0 Å². The van der Waals surface area contributed by atoms with Crippen molar-refractivity contribution in [3.8, 4) is 0 Å². The van der Waals surface area contributed by atoms with Gasteiger partial charge in [-0.25, -0.2) is 0 Å². The van der Waals surface area contributed by atoms with Crippen molar-refractivity contribution in [3.05, 3.63) is 48.1 Å². The van der Waals surface area contributed by atoms with E-state index in [1.54, 1.807) is 16.9 Å². The normalized spacial score (nSPS) is 15.3. The molecule has 3 aromatic heterocycles. The second-order valence-corrected chi connectivity index (χ2v) is 7.05. The second-order valence-electron chi connectivity index (χ2n) is 7.05. The van der Waals surface area contributed by atoms with Crippen molar-refractivity contribution in [3.63, 3.8) is 0 Å². The first-order valence-electron chi connectivity index (χ1n) is 9.91. The number of carbonyl (C=O) groups excluding carboxylic acids is 1. The number of carbonyl (C=O) groups is 1. The van der Waals surface area contributed by atoms with Gasteiger partial charge in [0.15, 0.2) is 5.82 Å². The van der Waals surface area contributed by atoms with E-state index < -0.39 is 0 Å². The summed E-state index contributed by atoms with van der Waals surface area (Å²) in [7, 11) is 0. The van der Waals surface area contributed by atoms with E-state index in [2.05, 4.69) is 31.9 Å². The molecule has 0 atom stereocenters. The number of hydrogen-bond acceptors (Lipinski definition) is 5. The van der Waals surface area contributed by atoms with Crippen molar-refractivity contribution in [1.29, 1.82) is 0 Å². The molecule has 4 heterocycles. The summed E-state index contributed by atoms with van der Waals surface area (Å²) in [5, 5.41) is 17.5. The largest absolute Gasteiger partial charge is 0.337 e. The lowest BCUT2D eigenvalue weighted by Gasteiger charge is -2.31. The first-order valence-corrected chi connectivity index (χ1v) is 9.91. The number of rotatable bonds is 6. The molecule has 28 heavy (non-hydrogen) atoms. The van der Waals surface area contributed by atoms with Crippen LogP contribution >= 0.6 is 0 Å². The molecule has 0 saturated carbocycles. The molecule has 1 amide bonds. The molecule has 0 radical (unpaired) electrons. The number of hydrogen-bond donors (Lipinski definition) is 0. The van der Waals surface area contributed by atoms with Crippen molar-refractivity contribution in [2.24, 2.45) is 0 Å². The third kappa shape index (κ3) is 3.56. The van der Waals surface area contributed by atoms with Gasteiger partial charge in [0.2, 0.25) is 0 Å². The van der Waals surface area contributed by atoms with E-state index >= 15 is 0 Å². The SMILES string of the molecule is CCn1ccc(C(=O)N2CCC(c3nnc(Cn4cccn4)n3CC)CC2)n1. The molecule has 0 unspecified atom stereocenters. The Morgan fingerprint density at radius 2 is 1.93 bits per heavy atom. The molecule has 1 fully saturated rings. The maximum absolute atomic E-state index is 12.7. The lowest BCUT2D eigenvalue weighted by atomic mass is 9.95. The molecule has 9 nitrogen and oxygen atoms in total. The maximum Gasteiger partial charge on any atom is 0.274 e. The molecular weight excluding hydrogens is 356 g/mol. The van der Waals surface area contributed by atoms with E-state index in [0.717, 1.165) is 37.6 Å². The standard InChI is InChI=1S/C19H26N8O/c1-3-25-13-8-16(23-25)19(28)24-11-6-15(7-12-24)18-22-21-17(27(18)4-2)14-26-10-5-9-20-26/h5,8-10,13,15H,3-4,6-7,11-12,14H2,1-2H3. The van der Waals surface area contributed by atoms with Gasteiger partial charge in [-0.15, -0.1) is 10.2 Å². The van der Waals surface area contributed by atoms with Gasteiger partial charge < -0.3 is 9.47 Å². The van der Waals surface area contributed by atoms with Crippen molar-refractivity contribution in [1.82, 2.24) is 39.2 Å². The molecule has 1 aliphatic rings. The molecule has 0 aliphatic carbocycles. The topological polar surface area (TPSA) is 86.7 Å². The van der Waals surface area contributed by atoms with Crippen LogP contribution < -0.4 is 0 Å². The Bertz CT molecular complexity index is 918. The monoisotopic (exact) mass is 382 g/mol. The molecule has 148 valence electrons. The van der Waals surface area contributed by atoms with Crippen LogP contribution in [-0.2, 0) is 19.6 Å². The molecule has 1 saturated heterocycles. The number of likely N-dealkylation sites (tertiary alicyclic amines) is 1. The number of aromatic nitrogens is 7. The smallest absolute Gasteiger partial charge is 0.274 e. The minimum atomic E-state index is 0.0157. The molecule has 0 aromatic carbocycles. The van der Waals surface area contributed by atoms with E-state index in [1.165, 1.54) is 0 Å². The zero-order chi connectivity index (χ0) is 19.5. The Labute approximate surface area is 164 Å². The van der Waals surface area contributed by atoms with E-state index in [0.29, 0.717) is 31.2 Å². The highest BCUT2D eigenvalue weighted by molar-refractivity contribution is 5.92.